The average molecular weight is 469 g/mol. The summed E-state index contributed by atoms with van der Waals surface area (Å²) in [6.45, 7) is 9.39. The molecule has 6 rings (SSSR count). The number of hydrogen-bond donors (Lipinski definition) is 2. The lowest BCUT2D eigenvalue weighted by atomic mass is 9.45. The number of ketones is 1. The second-order valence-electron chi connectivity index (χ2n) is 12.3. The van der Waals surface area contributed by atoms with Crippen LogP contribution in [0, 0.1) is 22.7 Å². The summed E-state index contributed by atoms with van der Waals surface area (Å²) in [4.78, 5) is 25.6. The Balaban J connectivity index is 1.39. The molecule has 1 saturated heterocycles. The Hall–Kier alpha value is -1.76. The average Bonchev–Trinajstić information content (AvgIpc) is 3.44. The Kier molecular flexibility index (Phi) is 4.34. The molecule has 184 valence electrons. The summed E-state index contributed by atoms with van der Waals surface area (Å²) in [5, 5.41) is 24.3. The fourth-order valence-corrected chi connectivity index (χ4v) is 8.84. The molecule has 0 aromatic heterocycles. The van der Waals surface area contributed by atoms with E-state index < -0.39 is 39.7 Å². The molecule has 6 heteroatoms. The van der Waals surface area contributed by atoms with Crippen molar-refractivity contribution < 1.29 is 29.3 Å². The third kappa shape index (κ3) is 2.29. The minimum atomic E-state index is -1.64. The molecule has 6 aliphatic rings. The molecule has 0 amide bonds. The van der Waals surface area contributed by atoms with E-state index in [1.807, 2.05) is 19.9 Å². The first-order valence-corrected chi connectivity index (χ1v) is 12.7. The number of esters is 1. The normalized spacial score (nSPS) is 51.0. The van der Waals surface area contributed by atoms with Crippen molar-refractivity contribution in [2.24, 2.45) is 22.7 Å². The number of rotatable bonds is 2. The molecule has 0 unspecified atom stereocenters. The first-order chi connectivity index (χ1) is 15.8. The van der Waals surface area contributed by atoms with Gasteiger partial charge in [0, 0.05) is 23.8 Å². The Morgan fingerprint density at radius 3 is 2.62 bits per heavy atom. The summed E-state index contributed by atoms with van der Waals surface area (Å²) in [5.74, 6) is -0.00929. The summed E-state index contributed by atoms with van der Waals surface area (Å²) >= 11 is 0. The van der Waals surface area contributed by atoms with E-state index in [1.54, 1.807) is 19.9 Å². The predicted octanol–water partition coefficient (Wildman–Crippen LogP) is 3.56. The van der Waals surface area contributed by atoms with Gasteiger partial charge in [-0.2, -0.15) is 0 Å². The summed E-state index contributed by atoms with van der Waals surface area (Å²) in [6.07, 6.45) is 8.71. The highest BCUT2D eigenvalue weighted by Crippen LogP contribution is 2.78. The van der Waals surface area contributed by atoms with Crippen molar-refractivity contribution in [2.45, 2.75) is 102 Å². The number of carbonyl (C=O) groups is 2. The maximum atomic E-state index is 13.2. The highest BCUT2D eigenvalue weighted by molar-refractivity contribution is 5.98. The lowest BCUT2D eigenvalue weighted by Crippen LogP contribution is -2.71. The van der Waals surface area contributed by atoms with Crippen LogP contribution in [-0.4, -0.2) is 51.0 Å². The van der Waals surface area contributed by atoms with Gasteiger partial charge in [-0.05, 0) is 71.3 Å². The first-order valence-electron chi connectivity index (χ1n) is 12.7. The SMILES string of the molecule is CC1=C(C)C(=O)O[C@H]([C@](C)(O)[C@@]2(O)C[C@H]3O[C@]34[C@H]3CC=C5CC=CC(=O)[C@]5(C)[C@@H]3CC[C@@]42C)C1. The van der Waals surface area contributed by atoms with E-state index in [-0.39, 0.29) is 23.7 Å². The van der Waals surface area contributed by atoms with E-state index in [0.717, 1.165) is 24.8 Å². The van der Waals surface area contributed by atoms with Crippen molar-refractivity contribution in [1.29, 1.82) is 0 Å². The maximum absolute atomic E-state index is 13.2. The van der Waals surface area contributed by atoms with Gasteiger partial charge in [0.15, 0.2) is 5.78 Å². The van der Waals surface area contributed by atoms with Gasteiger partial charge in [0.25, 0.3) is 0 Å². The van der Waals surface area contributed by atoms with Gasteiger partial charge in [-0.1, -0.05) is 30.2 Å². The van der Waals surface area contributed by atoms with Crippen LogP contribution in [0.15, 0.2) is 34.9 Å². The van der Waals surface area contributed by atoms with Crippen molar-refractivity contribution in [2.75, 3.05) is 0 Å². The van der Waals surface area contributed by atoms with Crippen molar-refractivity contribution >= 4 is 11.8 Å². The van der Waals surface area contributed by atoms with Gasteiger partial charge in [0.2, 0.25) is 0 Å². The van der Waals surface area contributed by atoms with Crippen LogP contribution in [0.1, 0.15) is 73.1 Å². The first kappa shape index (κ1) is 22.7. The van der Waals surface area contributed by atoms with E-state index in [0.29, 0.717) is 24.8 Å². The van der Waals surface area contributed by atoms with Gasteiger partial charge in [-0.3, -0.25) is 4.79 Å². The highest BCUT2D eigenvalue weighted by atomic mass is 16.6. The van der Waals surface area contributed by atoms with E-state index >= 15 is 0 Å². The zero-order valence-electron chi connectivity index (χ0n) is 20.8. The third-order valence-electron chi connectivity index (χ3n) is 11.3. The van der Waals surface area contributed by atoms with Gasteiger partial charge in [-0.15, -0.1) is 0 Å². The largest absolute Gasteiger partial charge is 0.455 e. The van der Waals surface area contributed by atoms with Crippen LogP contribution in [0.2, 0.25) is 0 Å². The molecule has 0 bridgehead atoms. The van der Waals surface area contributed by atoms with E-state index in [9.17, 15) is 19.8 Å². The van der Waals surface area contributed by atoms with Crippen molar-refractivity contribution in [3.63, 3.8) is 0 Å². The number of ether oxygens (including phenoxy) is 2. The van der Waals surface area contributed by atoms with Gasteiger partial charge >= 0.3 is 5.97 Å². The van der Waals surface area contributed by atoms with Crippen molar-refractivity contribution in [3.8, 4) is 0 Å². The monoisotopic (exact) mass is 468 g/mol. The molecular formula is C28H36O6. The molecule has 2 aliphatic heterocycles. The van der Waals surface area contributed by atoms with Crippen LogP contribution in [-0.2, 0) is 19.1 Å². The van der Waals surface area contributed by atoms with Crippen LogP contribution < -0.4 is 0 Å². The van der Waals surface area contributed by atoms with Crippen molar-refractivity contribution in [3.05, 3.63) is 34.9 Å². The minimum Gasteiger partial charge on any atom is -0.455 e. The molecule has 3 fully saturated rings. The standard InChI is InChI=1S/C28H36O6/c1-15-13-21(33-23(30)16(15)2)26(5,31)27(32)14-22-28(34-22)19-10-9-17-7-6-8-20(29)25(17,4)18(19)11-12-24(27,28)3/h6,8-9,18-19,21-22,31-32H,7,10-14H2,1-5H3/t18-,19+,21+,22-,24-,25+,26+,27-,28-/m1/s1. The summed E-state index contributed by atoms with van der Waals surface area (Å²) in [6, 6.07) is 0. The lowest BCUT2D eigenvalue weighted by molar-refractivity contribution is -0.270. The zero-order chi connectivity index (χ0) is 24.5. The number of epoxide rings is 1. The van der Waals surface area contributed by atoms with Gasteiger partial charge in [0.05, 0.1) is 11.5 Å². The maximum Gasteiger partial charge on any atom is 0.334 e. The Morgan fingerprint density at radius 2 is 1.91 bits per heavy atom. The molecule has 9 atom stereocenters. The molecule has 2 heterocycles. The fourth-order valence-electron chi connectivity index (χ4n) is 8.84. The van der Waals surface area contributed by atoms with Crippen LogP contribution >= 0.6 is 0 Å². The van der Waals surface area contributed by atoms with Crippen molar-refractivity contribution in [1.82, 2.24) is 0 Å². The van der Waals surface area contributed by atoms with E-state index in [2.05, 4.69) is 13.0 Å². The fraction of sp³-hybridized carbons (Fsp3) is 0.714. The smallest absolute Gasteiger partial charge is 0.334 e. The topological polar surface area (TPSA) is 96.4 Å². The van der Waals surface area contributed by atoms with Crippen LogP contribution in [0.25, 0.3) is 0 Å². The molecule has 1 spiro atoms. The van der Waals surface area contributed by atoms with Gasteiger partial charge in [-0.25, -0.2) is 4.79 Å². The summed E-state index contributed by atoms with van der Waals surface area (Å²) < 4.78 is 12.1. The zero-order valence-corrected chi connectivity index (χ0v) is 20.8. The lowest BCUT2D eigenvalue weighted by Gasteiger charge is -2.60. The molecule has 2 saturated carbocycles. The number of fused-ring (bicyclic) bond motifs is 3. The molecule has 34 heavy (non-hydrogen) atoms. The number of carbonyl (C=O) groups excluding carboxylic acids is 2. The summed E-state index contributed by atoms with van der Waals surface area (Å²) in [7, 11) is 0. The van der Waals surface area contributed by atoms with E-state index in [4.69, 9.17) is 9.47 Å². The summed E-state index contributed by atoms with van der Waals surface area (Å²) in [5.41, 5.74) is -2.28. The quantitative estimate of drug-likeness (QED) is 0.366. The molecule has 4 aliphatic carbocycles. The molecule has 0 aromatic rings. The second kappa shape index (κ2) is 6.51. The predicted molar refractivity (Wildman–Crippen MR) is 125 cm³/mol. The minimum absolute atomic E-state index is 0.100. The second-order valence-corrected chi connectivity index (χ2v) is 12.3. The van der Waals surface area contributed by atoms with Gasteiger partial charge < -0.3 is 19.7 Å². The number of hydrogen-bond acceptors (Lipinski definition) is 6. The Bertz CT molecular complexity index is 1100. The number of aliphatic hydroxyl groups is 2. The molecule has 6 nitrogen and oxygen atoms in total. The van der Waals surface area contributed by atoms with E-state index in [1.165, 1.54) is 5.57 Å². The molecule has 2 N–H and O–H groups in total. The number of allylic oxidation sites excluding steroid dienone is 4. The van der Waals surface area contributed by atoms with Crippen LogP contribution in [0.5, 0.6) is 0 Å². The van der Waals surface area contributed by atoms with Gasteiger partial charge in [0.1, 0.15) is 22.9 Å². The molecular weight excluding hydrogens is 432 g/mol. The third-order valence-corrected chi connectivity index (χ3v) is 11.3. The molecule has 0 radical (unpaired) electrons. The molecule has 0 aromatic carbocycles. The number of cyclic esters (lactones) is 1. The van der Waals surface area contributed by atoms with Crippen LogP contribution in [0.3, 0.4) is 0 Å². The Labute approximate surface area is 201 Å². The van der Waals surface area contributed by atoms with Crippen LogP contribution in [0.4, 0.5) is 0 Å². The highest BCUT2D eigenvalue weighted by Gasteiger charge is 2.87. The Morgan fingerprint density at radius 1 is 1.18 bits per heavy atom.